The van der Waals surface area contributed by atoms with Crippen LogP contribution in [0, 0.1) is 6.92 Å². The highest BCUT2D eigenvalue weighted by Gasteiger charge is 2.14. The Morgan fingerprint density at radius 3 is 2.93 bits per heavy atom. The summed E-state index contributed by atoms with van der Waals surface area (Å²) in [6.07, 6.45) is 3.58. The van der Waals surface area contributed by atoms with Gasteiger partial charge < -0.3 is 9.47 Å². The van der Waals surface area contributed by atoms with E-state index >= 15 is 0 Å². The zero-order valence-electron chi connectivity index (χ0n) is 15.3. The molecule has 1 aliphatic heterocycles. The van der Waals surface area contributed by atoms with E-state index in [-0.39, 0.29) is 0 Å². The highest BCUT2D eigenvalue weighted by atomic mass is 35.5. The standard InChI is InChI=1S/C19H22ClN5O2/c1-14-10-16(2-3-21-14)25-19-15(12-22-25)11-18(20)23-17(19)13-27-9-6-24-4-7-26-8-5-24/h2-3,10-12H,4-9,13H2,1H3. The number of pyridine rings is 2. The predicted octanol–water partition coefficient (Wildman–Crippen LogP) is 2.63. The van der Waals surface area contributed by atoms with Crippen molar-refractivity contribution in [3.63, 3.8) is 0 Å². The van der Waals surface area contributed by atoms with Gasteiger partial charge in [-0.3, -0.25) is 9.88 Å². The summed E-state index contributed by atoms with van der Waals surface area (Å²) >= 11 is 6.20. The van der Waals surface area contributed by atoms with E-state index in [9.17, 15) is 0 Å². The summed E-state index contributed by atoms with van der Waals surface area (Å²) in [5.74, 6) is 0. The molecule has 8 heteroatoms. The molecule has 4 rings (SSSR count). The van der Waals surface area contributed by atoms with Crippen LogP contribution in [0.3, 0.4) is 0 Å². The summed E-state index contributed by atoms with van der Waals surface area (Å²) in [6.45, 7) is 7.36. The molecule has 1 fully saturated rings. The van der Waals surface area contributed by atoms with Gasteiger partial charge in [-0.15, -0.1) is 0 Å². The average molecular weight is 388 g/mol. The number of fused-ring (bicyclic) bond motifs is 1. The second-order valence-corrected chi connectivity index (χ2v) is 6.94. The van der Waals surface area contributed by atoms with Crippen molar-refractivity contribution in [2.75, 3.05) is 39.5 Å². The zero-order chi connectivity index (χ0) is 18.6. The minimum atomic E-state index is 0.386. The van der Waals surface area contributed by atoms with Gasteiger partial charge in [-0.05, 0) is 25.1 Å². The quantitative estimate of drug-likeness (QED) is 0.478. The number of rotatable bonds is 6. The summed E-state index contributed by atoms with van der Waals surface area (Å²) in [6, 6.07) is 5.74. The number of ether oxygens (including phenoxy) is 2. The van der Waals surface area contributed by atoms with Crippen LogP contribution >= 0.6 is 11.6 Å². The van der Waals surface area contributed by atoms with Crippen LogP contribution in [0.5, 0.6) is 0 Å². The molecule has 0 spiro atoms. The van der Waals surface area contributed by atoms with E-state index in [2.05, 4.69) is 20.0 Å². The lowest BCUT2D eigenvalue weighted by Gasteiger charge is -2.26. The number of aryl methyl sites for hydroxylation is 1. The molecule has 0 aliphatic carbocycles. The van der Waals surface area contributed by atoms with Crippen LogP contribution in [-0.4, -0.2) is 64.1 Å². The number of hydrogen-bond acceptors (Lipinski definition) is 6. The maximum Gasteiger partial charge on any atom is 0.130 e. The van der Waals surface area contributed by atoms with Crippen molar-refractivity contribution in [1.82, 2.24) is 24.6 Å². The predicted molar refractivity (Wildman–Crippen MR) is 103 cm³/mol. The fourth-order valence-corrected chi connectivity index (χ4v) is 3.46. The molecule has 7 nitrogen and oxygen atoms in total. The van der Waals surface area contributed by atoms with Crippen molar-refractivity contribution in [2.24, 2.45) is 0 Å². The summed E-state index contributed by atoms with van der Waals surface area (Å²) in [4.78, 5) is 11.1. The molecule has 3 aromatic rings. The van der Waals surface area contributed by atoms with Gasteiger partial charge in [0.25, 0.3) is 0 Å². The number of halogens is 1. The molecule has 3 aromatic heterocycles. The fourth-order valence-electron chi connectivity index (χ4n) is 3.24. The van der Waals surface area contributed by atoms with Gasteiger partial charge in [-0.25, -0.2) is 9.67 Å². The lowest BCUT2D eigenvalue weighted by molar-refractivity contribution is 0.0178. The summed E-state index contributed by atoms with van der Waals surface area (Å²) < 4.78 is 13.2. The van der Waals surface area contributed by atoms with E-state index < -0.39 is 0 Å². The Balaban J connectivity index is 1.53. The number of nitrogens with zero attached hydrogens (tertiary/aromatic N) is 5. The minimum absolute atomic E-state index is 0.386. The Morgan fingerprint density at radius 1 is 1.26 bits per heavy atom. The molecule has 0 aromatic carbocycles. The second-order valence-electron chi connectivity index (χ2n) is 6.55. The third-order valence-corrected chi connectivity index (χ3v) is 4.80. The van der Waals surface area contributed by atoms with E-state index in [0.29, 0.717) is 18.4 Å². The van der Waals surface area contributed by atoms with E-state index in [1.165, 1.54) is 0 Å². The Bertz CT molecular complexity index is 924. The van der Waals surface area contributed by atoms with Crippen LogP contribution in [0.2, 0.25) is 5.15 Å². The SMILES string of the molecule is Cc1cc(-n2ncc3cc(Cl)nc(COCCN4CCOCC4)c32)ccn1. The van der Waals surface area contributed by atoms with Gasteiger partial charge in [-0.1, -0.05) is 11.6 Å². The van der Waals surface area contributed by atoms with E-state index in [1.54, 1.807) is 12.4 Å². The van der Waals surface area contributed by atoms with Gasteiger partial charge in [0.1, 0.15) is 5.15 Å². The van der Waals surface area contributed by atoms with Crippen molar-refractivity contribution < 1.29 is 9.47 Å². The monoisotopic (exact) mass is 387 g/mol. The van der Waals surface area contributed by atoms with Crippen LogP contribution in [0.1, 0.15) is 11.4 Å². The molecular formula is C19H22ClN5O2. The molecule has 0 bridgehead atoms. The Kier molecular flexibility index (Phi) is 5.63. The third-order valence-electron chi connectivity index (χ3n) is 4.61. The highest BCUT2D eigenvalue weighted by Crippen LogP contribution is 2.24. The summed E-state index contributed by atoms with van der Waals surface area (Å²) in [7, 11) is 0. The van der Waals surface area contributed by atoms with Gasteiger partial charge in [0.15, 0.2) is 0 Å². The summed E-state index contributed by atoms with van der Waals surface area (Å²) in [5.41, 5.74) is 3.57. The summed E-state index contributed by atoms with van der Waals surface area (Å²) in [5, 5.41) is 5.91. The lowest BCUT2D eigenvalue weighted by atomic mass is 10.2. The van der Waals surface area contributed by atoms with E-state index in [1.807, 2.05) is 29.8 Å². The first-order chi connectivity index (χ1) is 13.2. The lowest BCUT2D eigenvalue weighted by Crippen LogP contribution is -2.38. The molecule has 0 unspecified atom stereocenters. The van der Waals surface area contributed by atoms with Crippen LogP contribution in [-0.2, 0) is 16.1 Å². The molecular weight excluding hydrogens is 366 g/mol. The van der Waals surface area contributed by atoms with E-state index in [4.69, 9.17) is 21.1 Å². The number of aromatic nitrogens is 4. The molecule has 0 saturated carbocycles. The molecule has 4 heterocycles. The largest absolute Gasteiger partial charge is 0.379 e. The first-order valence-electron chi connectivity index (χ1n) is 9.05. The highest BCUT2D eigenvalue weighted by molar-refractivity contribution is 6.30. The molecule has 0 N–H and O–H groups in total. The van der Waals surface area contributed by atoms with Gasteiger partial charge in [-0.2, -0.15) is 5.10 Å². The third kappa shape index (κ3) is 4.27. The van der Waals surface area contributed by atoms with Gasteiger partial charge >= 0.3 is 0 Å². The smallest absolute Gasteiger partial charge is 0.130 e. The van der Waals surface area contributed by atoms with Crippen molar-refractivity contribution >= 4 is 22.5 Å². The molecule has 0 atom stereocenters. The maximum atomic E-state index is 6.20. The first-order valence-corrected chi connectivity index (χ1v) is 9.42. The van der Waals surface area contributed by atoms with Crippen LogP contribution in [0.25, 0.3) is 16.6 Å². The molecule has 27 heavy (non-hydrogen) atoms. The van der Waals surface area contributed by atoms with E-state index in [0.717, 1.165) is 60.8 Å². The molecule has 0 radical (unpaired) electrons. The van der Waals surface area contributed by atoms with Crippen molar-refractivity contribution in [2.45, 2.75) is 13.5 Å². The zero-order valence-corrected chi connectivity index (χ0v) is 16.0. The normalized spacial score (nSPS) is 15.5. The van der Waals surface area contributed by atoms with Crippen molar-refractivity contribution in [1.29, 1.82) is 0 Å². The number of morpholine rings is 1. The van der Waals surface area contributed by atoms with Crippen LogP contribution in [0.15, 0.2) is 30.6 Å². The molecule has 1 saturated heterocycles. The Hall–Kier alpha value is -2.06. The van der Waals surface area contributed by atoms with Gasteiger partial charge in [0.2, 0.25) is 0 Å². The minimum Gasteiger partial charge on any atom is -0.379 e. The second kappa shape index (κ2) is 8.31. The molecule has 0 amide bonds. The topological polar surface area (TPSA) is 65.3 Å². The van der Waals surface area contributed by atoms with Crippen molar-refractivity contribution in [3.8, 4) is 5.69 Å². The Morgan fingerprint density at radius 2 is 2.11 bits per heavy atom. The molecule has 1 aliphatic rings. The van der Waals surface area contributed by atoms with Crippen molar-refractivity contribution in [3.05, 3.63) is 47.1 Å². The molecule has 142 valence electrons. The maximum absolute atomic E-state index is 6.20. The van der Waals surface area contributed by atoms with Crippen LogP contribution in [0.4, 0.5) is 0 Å². The average Bonchev–Trinajstić information content (AvgIpc) is 3.10. The van der Waals surface area contributed by atoms with Gasteiger partial charge in [0.05, 0.1) is 49.5 Å². The van der Waals surface area contributed by atoms with Gasteiger partial charge in [0, 0.05) is 36.9 Å². The Labute approximate surface area is 162 Å². The fraction of sp³-hybridized carbons (Fsp3) is 0.421. The first kappa shape index (κ1) is 18.3. The van der Waals surface area contributed by atoms with Crippen LogP contribution < -0.4 is 0 Å². The number of hydrogen-bond donors (Lipinski definition) is 0.